The molecular formula is C89H148O17P2. The van der Waals surface area contributed by atoms with Gasteiger partial charge in [-0.2, -0.15) is 0 Å². The van der Waals surface area contributed by atoms with Crippen LogP contribution in [0.15, 0.2) is 158 Å². The molecular weight excluding hydrogens is 1400 g/mol. The largest absolute Gasteiger partial charge is 0.472 e. The smallest absolute Gasteiger partial charge is 0.462 e. The molecule has 19 heteroatoms. The van der Waals surface area contributed by atoms with Gasteiger partial charge in [0, 0.05) is 19.3 Å². The van der Waals surface area contributed by atoms with Gasteiger partial charge in [0.2, 0.25) is 0 Å². The predicted molar refractivity (Wildman–Crippen MR) is 445 cm³/mol. The van der Waals surface area contributed by atoms with E-state index in [-0.39, 0.29) is 25.7 Å². The fourth-order valence-electron chi connectivity index (χ4n) is 10.6. The second-order valence-electron chi connectivity index (χ2n) is 27.3. The molecule has 616 valence electrons. The van der Waals surface area contributed by atoms with Crippen LogP contribution in [0.1, 0.15) is 323 Å². The average molecular weight is 1550 g/mol. The fourth-order valence-corrected chi connectivity index (χ4v) is 12.2. The summed E-state index contributed by atoms with van der Waals surface area (Å²) in [5.74, 6) is -2.37. The molecule has 0 spiro atoms. The first kappa shape index (κ1) is 103. The number of aliphatic hydroxyl groups is 1. The van der Waals surface area contributed by atoms with Gasteiger partial charge in [0.25, 0.3) is 0 Å². The van der Waals surface area contributed by atoms with Gasteiger partial charge in [-0.15, -0.1) is 0 Å². The van der Waals surface area contributed by atoms with E-state index in [2.05, 4.69) is 161 Å². The number of carbonyl (C=O) groups is 4. The van der Waals surface area contributed by atoms with Crippen molar-refractivity contribution in [1.82, 2.24) is 0 Å². The molecule has 0 radical (unpaired) electrons. The Morgan fingerprint density at radius 2 is 0.519 bits per heavy atom. The second kappa shape index (κ2) is 79.8. The third-order valence-corrected chi connectivity index (χ3v) is 18.9. The van der Waals surface area contributed by atoms with Crippen molar-refractivity contribution in [2.75, 3.05) is 39.6 Å². The van der Waals surface area contributed by atoms with Crippen molar-refractivity contribution in [3.63, 3.8) is 0 Å². The maximum atomic E-state index is 13.1. The van der Waals surface area contributed by atoms with Gasteiger partial charge in [-0.25, -0.2) is 9.13 Å². The third-order valence-electron chi connectivity index (χ3n) is 17.0. The van der Waals surface area contributed by atoms with Crippen molar-refractivity contribution < 1.29 is 80.2 Å². The maximum absolute atomic E-state index is 13.1. The molecule has 0 saturated carbocycles. The number of phosphoric ester groups is 2. The molecule has 0 aliphatic rings. The molecule has 0 aromatic carbocycles. The topological polar surface area (TPSA) is 237 Å². The van der Waals surface area contributed by atoms with E-state index in [1.54, 1.807) is 12.2 Å². The molecule has 5 unspecified atom stereocenters. The van der Waals surface area contributed by atoms with Gasteiger partial charge >= 0.3 is 39.5 Å². The standard InChI is InChI=1S/C89H148O17P2/c1-5-9-13-17-21-25-29-33-37-39-41-43-47-49-53-57-61-65-69-73-86(91)99-79-84(105-88(93)75-71-67-63-59-55-51-45-35-31-27-23-19-15-11-7-3)81-103-107(95,96)101-77-83(90)78-102-108(97,98)104-82-85(106-89(94)76-72-68-64-60-56-52-46-36-32-28-24-20-16-12-8-4)80-100-87(92)74-70-66-62-58-54-50-48-44-42-40-38-34-30-26-22-18-14-10-6-2/h11,15,21-28,33-38,41-46,55,59,67,71,83-85,90H,5-10,12-14,16-20,29-32,39-40,47-54,56-58,60-66,68-70,72-82H2,1-4H3,(H,95,96)(H,97,98)/b15-11-,25-21-,26-22-,27-23-,28-24-,37-33-,38-34-,43-41-,44-42-,45-35-,46-36-,59-55-,71-67-. The monoisotopic (exact) mass is 1550 g/mol. The van der Waals surface area contributed by atoms with Crippen LogP contribution in [0.3, 0.4) is 0 Å². The maximum Gasteiger partial charge on any atom is 0.472 e. The molecule has 0 bridgehead atoms. The number of aliphatic hydroxyl groups excluding tert-OH is 1. The van der Waals surface area contributed by atoms with Crippen LogP contribution in [0, 0.1) is 0 Å². The molecule has 0 aromatic rings. The Morgan fingerprint density at radius 3 is 0.824 bits per heavy atom. The summed E-state index contributed by atoms with van der Waals surface area (Å²) in [6.45, 7) is 4.53. The highest BCUT2D eigenvalue weighted by Gasteiger charge is 2.30. The van der Waals surface area contributed by atoms with Gasteiger partial charge in [0.1, 0.15) is 19.3 Å². The van der Waals surface area contributed by atoms with Crippen LogP contribution in [-0.4, -0.2) is 96.7 Å². The Balaban J connectivity index is 5.46. The van der Waals surface area contributed by atoms with Gasteiger partial charge in [-0.1, -0.05) is 295 Å². The van der Waals surface area contributed by atoms with Gasteiger partial charge in [-0.3, -0.25) is 37.3 Å². The lowest BCUT2D eigenvalue weighted by atomic mass is 10.1. The molecule has 0 saturated heterocycles. The number of unbranched alkanes of at least 4 members (excludes halogenated alkanes) is 26. The summed E-state index contributed by atoms with van der Waals surface area (Å²) < 4.78 is 68.6. The molecule has 0 amide bonds. The summed E-state index contributed by atoms with van der Waals surface area (Å²) in [5, 5.41) is 10.7. The zero-order chi connectivity index (χ0) is 78.9. The Morgan fingerprint density at radius 1 is 0.278 bits per heavy atom. The van der Waals surface area contributed by atoms with Crippen LogP contribution in [0.4, 0.5) is 0 Å². The molecule has 0 rings (SSSR count). The van der Waals surface area contributed by atoms with Gasteiger partial charge < -0.3 is 33.8 Å². The summed E-state index contributed by atoms with van der Waals surface area (Å²) in [6.07, 6.45) is 93.8. The first-order valence-corrected chi connectivity index (χ1v) is 44.7. The molecule has 0 heterocycles. The van der Waals surface area contributed by atoms with E-state index in [4.69, 9.17) is 37.0 Å². The lowest BCUT2D eigenvalue weighted by Gasteiger charge is -2.21. The molecule has 108 heavy (non-hydrogen) atoms. The molecule has 3 N–H and O–H groups in total. The minimum absolute atomic E-state index is 0.0689. The predicted octanol–water partition coefficient (Wildman–Crippen LogP) is 24.8. The SMILES string of the molecule is CC/C=C\C/C=C\C/C=C\C/C=C\C/C=C\CC(=O)OC(COC(=O)CCCCCCCC/C=C\C/C=C\C/C=C\CCCCC)COP(=O)(O)OCC(O)COP(=O)(O)OCC(COC(=O)CCCCCCCC/C=C\C/C=C\C/C=C\CCCCC)OC(=O)CCCCCCC/C=C\C/C=C\CCCCC. The average Bonchev–Trinajstić information content (AvgIpc) is 0.907. The Bertz CT molecular complexity index is 2660. The normalized spacial score (nSPS) is 14.6. The second-order valence-corrected chi connectivity index (χ2v) is 30.2. The van der Waals surface area contributed by atoms with Crippen molar-refractivity contribution in [2.45, 2.75) is 341 Å². The van der Waals surface area contributed by atoms with Crippen LogP contribution in [0.25, 0.3) is 0 Å². The number of hydrogen-bond acceptors (Lipinski definition) is 15. The number of phosphoric acid groups is 2. The van der Waals surface area contributed by atoms with E-state index in [9.17, 15) is 43.2 Å². The van der Waals surface area contributed by atoms with E-state index in [1.807, 2.05) is 12.2 Å². The van der Waals surface area contributed by atoms with E-state index in [0.29, 0.717) is 25.7 Å². The van der Waals surface area contributed by atoms with Gasteiger partial charge in [-0.05, 0) is 161 Å². The Kier molecular flexibility index (Phi) is 75.8. The van der Waals surface area contributed by atoms with Crippen LogP contribution in [0.5, 0.6) is 0 Å². The Labute approximate surface area is 655 Å². The van der Waals surface area contributed by atoms with Crippen LogP contribution >= 0.6 is 15.6 Å². The molecule has 0 aromatic heterocycles. The van der Waals surface area contributed by atoms with Gasteiger partial charge in [0.15, 0.2) is 12.2 Å². The van der Waals surface area contributed by atoms with Gasteiger partial charge in [0.05, 0.1) is 32.8 Å². The molecule has 5 atom stereocenters. The van der Waals surface area contributed by atoms with Crippen molar-refractivity contribution in [3.8, 4) is 0 Å². The van der Waals surface area contributed by atoms with Crippen molar-refractivity contribution >= 4 is 39.5 Å². The summed E-state index contributed by atoms with van der Waals surface area (Å²) in [6, 6.07) is 0. The summed E-state index contributed by atoms with van der Waals surface area (Å²) >= 11 is 0. The number of esters is 4. The fraction of sp³-hybridized carbons (Fsp3) is 0.663. The number of ether oxygens (including phenoxy) is 4. The number of rotatable bonds is 77. The Hall–Kier alpha value is -5.32. The summed E-state index contributed by atoms with van der Waals surface area (Å²) in [5.41, 5.74) is 0. The highest BCUT2D eigenvalue weighted by Crippen LogP contribution is 2.45. The van der Waals surface area contributed by atoms with E-state index in [0.717, 1.165) is 186 Å². The highest BCUT2D eigenvalue weighted by molar-refractivity contribution is 7.47. The molecule has 0 aliphatic carbocycles. The first-order valence-electron chi connectivity index (χ1n) is 41.7. The first-order chi connectivity index (χ1) is 52.7. The van der Waals surface area contributed by atoms with Crippen LogP contribution in [0.2, 0.25) is 0 Å². The number of hydrogen-bond donors (Lipinski definition) is 3. The quantitative estimate of drug-likeness (QED) is 0.0169. The third kappa shape index (κ3) is 78.8. The molecule has 17 nitrogen and oxygen atoms in total. The zero-order valence-corrected chi connectivity index (χ0v) is 69.3. The molecule has 0 fully saturated rings. The van der Waals surface area contributed by atoms with Crippen LogP contribution in [-0.2, 0) is 65.4 Å². The number of carbonyl (C=O) groups excluding carboxylic acids is 4. The number of allylic oxidation sites excluding steroid dienone is 25. The van der Waals surface area contributed by atoms with E-state index in [1.165, 1.54) is 57.8 Å². The molecule has 0 aliphatic heterocycles. The van der Waals surface area contributed by atoms with Crippen molar-refractivity contribution in [2.24, 2.45) is 0 Å². The minimum atomic E-state index is -5.01. The lowest BCUT2D eigenvalue weighted by Crippen LogP contribution is -2.30. The highest BCUT2D eigenvalue weighted by atomic mass is 31.2. The van der Waals surface area contributed by atoms with Crippen molar-refractivity contribution in [1.29, 1.82) is 0 Å². The van der Waals surface area contributed by atoms with Crippen molar-refractivity contribution in [3.05, 3.63) is 158 Å². The van der Waals surface area contributed by atoms with Crippen LogP contribution < -0.4 is 0 Å². The minimum Gasteiger partial charge on any atom is -0.462 e. The zero-order valence-electron chi connectivity index (χ0n) is 67.5. The van der Waals surface area contributed by atoms with E-state index < -0.39 is 97.5 Å². The summed E-state index contributed by atoms with van der Waals surface area (Å²) in [4.78, 5) is 73.1. The van der Waals surface area contributed by atoms with E-state index >= 15 is 0 Å². The summed E-state index contributed by atoms with van der Waals surface area (Å²) in [7, 11) is -10.0. The lowest BCUT2D eigenvalue weighted by molar-refractivity contribution is -0.161.